The average molecular weight is 223 g/mol. The minimum Gasteiger partial charge on any atom is -0.287 e. The van der Waals surface area contributed by atoms with E-state index in [-0.39, 0.29) is 0 Å². The van der Waals surface area contributed by atoms with Crippen molar-refractivity contribution >= 4 is 12.7 Å². The lowest BCUT2D eigenvalue weighted by Crippen LogP contribution is -1.99. The van der Waals surface area contributed by atoms with Crippen molar-refractivity contribution in [3.8, 4) is 0 Å². The van der Waals surface area contributed by atoms with Crippen molar-refractivity contribution in [3.63, 3.8) is 0 Å². The molecular weight excluding hydrogens is 206 g/mol. The maximum atomic E-state index is 4.15. The van der Waals surface area contributed by atoms with Crippen LogP contribution in [0.1, 0.15) is 11.1 Å². The molecule has 0 radical (unpaired) electrons. The first-order valence-electron chi connectivity index (χ1n) is 5.74. The fourth-order valence-corrected chi connectivity index (χ4v) is 1.95. The van der Waals surface area contributed by atoms with Gasteiger partial charge in [0.15, 0.2) is 0 Å². The molecule has 0 saturated carbocycles. The lowest BCUT2D eigenvalue weighted by molar-refractivity contribution is 1.18. The summed E-state index contributed by atoms with van der Waals surface area (Å²) >= 11 is 0. The Morgan fingerprint density at radius 1 is 1.35 bits per heavy atom. The predicted molar refractivity (Wildman–Crippen MR) is 73.6 cm³/mol. The van der Waals surface area contributed by atoms with Crippen molar-refractivity contribution in [1.29, 1.82) is 0 Å². The van der Waals surface area contributed by atoms with Gasteiger partial charge in [0.1, 0.15) is 0 Å². The molecule has 2 rings (SSSR count). The maximum absolute atomic E-state index is 4.15. The summed E-state index contributed by atoms with van der Waals surface area (Å²) < 4.78 is 0. The number of hydrogen-bond donors (Lipinski definition) is 0. The Balaban J connectivity index is 2.20. The summed E-state index contributed by atoms with van der Waals surface area (Å²) in [6.45, 7) is 10.2. The summed E-state index contributed by atoms with van der Waals surface area (Å²) in [6.07, 6.45) is 2.98. The molecule has 17 heavy (non-hydrogen) atoms. The van der Waals surface area contributed by atoms with Crippen molar-refractivity contribution in [2.75, 3.05) is 7.05 Å². The molecule has 0 aliphatic heterocycles. The Labute approximate surface area is 102 Å². The van der Waals surface area contributed by atoms with Crippen LogP contribution in [0.3, 0.4) is 0 Å². The molecule has 2 aromatic rings. The molecule has 0 N–H and O–H groups in total. The molecule has 0 aliphatic carbocycles. The number of benzene rings is 1. The molecule has 2 aromatic carbocycles. The molecule has 0 bridgehead atoms. The van der Waals surface area contributed by atoms with Gasteiger partial charge in [-0.25, -0.2) is 0 Å². The number of aryl methyl sites for hydroxylation is 1. The second kappa shape index (κ2) is 4.54. The first kappa shape index (κ1) is 11.6. The zero-order chi connectivity index (χ0) is 12.4. The molecule has 0 aliphatic rings. The second-order valence-electron chi connectivity index (χ2n) is 4.37. The maximum Gasteiger partial charge on any atom is 0.0723 e. The fraction of sp³-hybridized carbons (Fsp3) is 0.188. The predicted octanol–water partition coefficient (Wildman–Crippen LogP) is 1.39. The zero-order valence-corrected chi connectivity index (χ0v) is 10.5. The number of hydrogen-bond acceptors (Lipinski definition) is 1. The van der Waals surface area contributed by atoms with E-state index in [0.29, 0.717) is 0 Å². The standard InChI is InChI=1S/C16H17N/c1-11(10-15-13(3)16(15)17-4)9-14-8-6-5-7-12(14)2/h5-8,10H,1,3,9H2,2,4H3/b15-10-,17-16-. The van der Waals surface area contributed by atoms with Crippen LogP contribution >= 0.6 is 0 Å². The van der Waals surface area contributed by atoms with E-state index in [2.05, 4.69) is 55.4 Å². The molecule has 86 valence electrons. The normalized spacial score (nSPS) is 13.5. The molecule has 0 unspecified atom stereocenters. The lowest BCUT2D eigenvalue weighted by atomic mass is 10.0. The van der Waals surface area contributed by atoms with Crippen molar-refractivity contribution < 1.29 is 0 Å². The summed E-state index contributed by atoms with van der Waals surface area (Å²) in [7, 11) is 1.80. The quantitative estimate of drug-likeness (QED) is 0.745. The van der Waals surface area contributed by atoms with Crippen LogP contribution in [0, 0.1) is 6.92 Å². The topological polar surface area (TPSA) is 12.4 Å². The van der Waals surface area contributed by atoms with E-state index in [1.54, 1.807) is 7.05 Å². The highest BCUT2D eigenvalue weighted by Gasteiger charge is 2.03. The summed E-state index contributed by atoms with van der Waals surface area (Å²) in [4.78, 5) is 4.15. The Kier molecular flexibility index (Phi) is 3.10. The van der Waals surface area contributed by atoms with Crippen molar-refractivity contribution in [1.82, 2.24) is 0 Å². The van der Waals surface area contributed by atoms with Gasteiger partial charge in [0.05, 0.1) is 5.36 Å². The molecule has 0 heterocycles. The van der Waals surface area contributed by atoms with Crippen molar-refractivity contribution in [2.24, 2.45) is 4.99 Å². The molecule has 0 saturated heterocycles. The van der Waals surface area contributed by atoms with Gasteiger partial charge in [-0.1, -0.05) is 43.0 Å². The van der Waals surface area contributed by atoms with E-state index in [1.807, 2.05) is 0 Å². The third-order valence-corrected chi connectivity index (χ3v) is 3.05. The Hall–Kier alpha value is -1.89. The second-order valence-corrected chi connectivity index (χ2v) is 4.37. The Morgan fingerprint density at radius 3 is 2.65 bits per heavy atom. The van der Waals surface area contributed by atoms with Gasteiger partial charge in [-0.05, 0) is 30.5 Å². The van der Waals surface area contributed by atoms with E-state index < -0.39 is 0 Å². The molecule has 0 amide bonds. The molecule has 0 atom stereocenters. The van der Waals surface area contributed by atoms with Crippen molar-refractivity contribution in [3.05, 3.63) is 63.3 Å². The van der Waals surface area contributed by atoms with Gasteiger partial charge < -0.3 is 0 Å². The van der Waals surface area contributed by atoms with Gasteiger partial charge in [0.2, 0.25) is 0 Å². The lowest BCUT2D eigenvalue weighted by Gasteiger charge is -2.04. The van der Waals surface area contributed by atoms with E-state index in [0.717, 1.165) is 27.8 Å². The van der Waals surface area contributed by atoms with Crippen LogP contribution in [0.15, 0.2) is 41.4 Å². The summed E-state index contributed by atoms with van der Waals surface area (Å²) in [6, 6.07) is 8.41. The highest BCUT2D eigenvalue weighted by atomic mass is 14.7. The first-order valence-corrected chi connectivity index (χ1v) is 5.74. The van der Waals surface area contributed by atoms with Crippen LogP contribution in [0.4, 0.5) is 0 Å². The van der Waals surface area contributed by atoms with Crippen LogP contribution in [0.5, 0.6) is 0 Å². The number of rotatable bonds is 3. The van der Waals surface area contributed by atoms with E-state index in [1.165, 1.54) is 11.1 Å². The Bertz CT molecular complexity index is 679. The van der Waals surface area contributed by atoms with Gasteiger partial charge in [0, 0.05) is 17.5 Å². The monoisotopic (exact) mass is 223 g/mol. The third-order valence-electron chi connectivity index (χ3n) is 3.05. The molecule has 0 spiro atoms. The zero-order valence-electron chi connectivity index (χ0n) is 10.5. The first-order chi connectivity index (χ1) is 8.13. The minimum atomic E-state index is 0.889. The molecule has 1 heteroatoms. The van der Waals surface area contributed by atoms with Crippen LogP contribution in [-0.4, -0.2) is 7.05 Å². The number of nitrogens with zero attached hydrogens (tertiary/aromatic N) is 1. The fourth-order valence-electron chi connectivity index (χ4n) is 1.95. The van der Waals surface area contributed by atoms with Crippen LogP contribution in [-0.2, 0) is 6.42 Å². The van der Waals surface area contributed by atoms with Gasteiger partial charge >= 0.3 is 0 Å². The van der Waals surface area contributed by atoms with Gasteiger partial charge in [-0.2, -0.15) is 0 Å². The minimum absolute atomic E-state index is 0.889. The van der Waals surface area contributed by atoms with Crippen LogP contribution in [0.25, 0.3) is 12.7 Å². The number of allylic oxidation sites excluding steroid dienone is 1. The average Bonchev–Trinajstić information content (AvgIpc) is 2.91. The van der Waals surface area contributed by atoms with Gasteiger partial charge in [0.25, 0.3) is 0 Å². The Morgan fingerprint density at radius 2 is 2.06 bits per heavy atom. The summed E-state index contributed by atoms with van der Waals surface area (Å²) in [5.74, 6) is 0. The molecular formula is C16H17N. The SMILES string of the molecule is C=C(/C=c1/c(=C)/c1=N/C)Cc1ccccc1C. The van der Waals surface area contributed by atoms with Crippen LogP contribution < -0.4 is 15.8 Å². The van der Waals surface area contributed by atoms with Crippen LogP contribution in [0.2, 0.25) is 0 Å². The van der Waals surface area contributed by atoms with E-state index in [4.69, 9.17) is 0 Å². The van der Waals surface area contributed by atoms with Gasteiger partial charge in [-0.3, -0.25) is 4.99 Å². The van der Waals surface area contributed by atoms with Gasteiger partial charge in [-0.15, -0.1) is 0 Å². The molecule has 0 fully saturated rings. The van der Waals surface area contributed by atoms with Crippen molar-refractivity contribution in [2.45, 2.75) is 13.3 Å². The molecule has 0 aromatic heterocycles. The largest absolute Gasteiger partial charge is 0.287 e. The summed E-state index contributed by atoms with van der Waals surface area (Å²) in [5.41, 5.74) is 3.75. The van der Waals surface area contributed by atoms with E-state index in [9.17, 15) is 0 Å². The third kappa shape index (κ3) is 2.44. The molecule has 1 nitrogen and oxygen atoms in total. The highest BCUT2D eigenvalue weighted by Crippen LogP contribution is 2.12. The summed E-state index contributed by atoms with van der Waals surface area (Å²) in [5, 5.41) is 3.25. The smallest absolute Gasteiger partial charge is 0.0723 e. The highest BCUT2D eigenvalue weighted by molar-refractivity contribution is 5.50. The van der Waals surface area contributed by atoms with E-state index >= 15 is 0 Å².